The Labute approximate surface area is 336 Å². The van der Waals surface area contributed by atoms with Crippen molar-refractivity contribution in [1.29, 1.82) is 0 Å². The molecule has 0 saturated heterocycles. The molecule has 0 bridgehead atoms. The number of unbranched alkanes of at least 4 members (excludes halogenated alkanes) is 29. The second kappa shape index (κ2) is 42.6. The van der Waals surface area contributed by atoms with Crippen LogP contribution < -0.4 is 0 Å². The zero-order chi connectivity index (χ0) is 39.6. The molecule has 0 saturated carbocycles. The summed E-state index contributed by atoms with van der Waals surface area (Å²) in [5, 5.41) is 0. The molecule has 0 aromatic heterocycles. The van der Waals surface area contributed by atoms with Gasteiger partial charge in [-0.3, -0.25) is 14.4 Å². The molecular weight excluding hydrogens is 673 g/mol. The van der Waals surface area contributed by atoms with Crippen molar-refractivity contribution in [2.75, 3.05) is 13.2 Å². The van der Waals surface area contributed by atoms with Crippen LogP contribution in [0.5, 0.6) is 0 Å². The van der Waals surface area contributed by atoms with Gasteiger partial charge in [0, 0.05) is 19.3 Å². The fourth-order valence-electron chi connectivity index (χ4n) is 7.12. The Kier molecular flexibility index (Phi) is 41.3. The van der Waals surface area contributed by atoms with Crippen molar-refractivity contribution in [1.82, 2.24) is 0 Å². The van der Waals surface area contributed by atoms with E-state index in [1.54, 1.807) is 0 Å². The lowest BCUT2D eigenvalue weighted by Crippen LogP contribution is -2.30. The van der Waals surface area contributed by atoms with Crippen molar-refractivity contribution < 1.29 is 28.6 Å². The van der Waals surface area contributed by atoms with E-state index in [4.69, 9.17) is 14.2 Å². The summed E-state index contributed by atoms with van der Waals surface area (Å²) >= 11 is 0. The summed E-state index contributed by atoms with van der Waals surface area (Å²) in [6.07, 6.45) is 42.3. The topological polar surface area (TPSA) is 78.9 Å². The molecule has 0 heterocycles. The lowest BCUT2D eigenvalue weighted by molar-refractivity contribution is -0.167. The predicted octanol–water partition coefficient (Wildman–Crippen LogP) is 15.1. The van der Waals surface area contributed by atoms with Gasteiger partial charge in [0.1, 0.15) is 13.2 Å². The van der Waals surface area contributed by atoms with E-state index in [1.165, 1.54) is 161 Å². The van der Waals surface area contributed by atoms with Crippen LogP contribution in [0.4, 0.5) is 0 Å². The van der Waals surface area contributed by atoms with Crippen LogP contribution in [0.15, 0.2) is 0 Å². The van der Waals surface area contributed by atoms with E-state index >= 15 is 0 Å². The van der Waals surface area contributed by atoms with Crippen LogP contribution in [0.25, 0.3) is 0 Å². The van der Waals surface area contributed by atoms with E-state index < -0.39 is 6.10 Å². The summed E-state index contributed by atoms with van der Waals surface area (Å²) in [6, 6.07) is 0. The van der Waals surface area contributed by atoms with Gasteiger partial charge in [-0.15, -0.1) is 0 Å². The van der Waals surface area contributed by atoms with E-state index in [-0.39, 0.29) is 31.1 Å². The molecule has 0 spiro atoms. The first-order valence-electron chi connectivity index (χ1n) is 23.9. The van der Waals surface area contributed by atoms with E-state index in [0.29, 0.717) is 19.3 Å². The van der Waals surface area contributed by atoms with Gasteiger partial charge in [0.25, 0.3) is 0 Å². The Bertz CT molecular complexity index is 813. The molecule has 0 aliphatic rings. The van der Waals surface area contributed by atoms with Crippen LogP contribution in [-0.2, 0) is 28.6 Å². The maximum absolute atomic E-state index is 12.7. The van der Waals surface area contributed by atoms with E-state index in [0.717, 1.165) is 63.7 Å². The first-order valence-corrected chi connectivity index (χ1v) is 23.9. The van der Waals surface area contributed by atoms with Crippen LogP contribution in [0.3, 0.4) is 0 Å². The van der Waals surface area contributed by atoms with Gasteiger partial charge in [-0.25, -0.2) is 0 Å². The Morgan fingerprint density at radius 2 is 0.648 bits per heavy atom. The molecule has 0 aliphatic heterocycles. The molecular formula is C48H92O6. The Balaban J connectivity index is 4.27. The molecule has 54 heavy (non-hydrogen) atoms. The molecule has 0 fully saturated rings. The number of esters is 3. The molecule has 0 amide bonds. The highest BCUT2D eigenvalue weighted by Crippen LogP contribution is 2.17. The third-order valence-corrected chi connectivity index (χ3v) is 11.2. The lowest BCUT2D eigenvalue weighted by atomic mass is 10.00. The summed E-state index contributed by atoms with van der Waals surface area (Å²) in [7, 11) is 0. The summed E-state index contributed by atoms with van der Waals surface area (Å²) < 4.78 is 16.7. The van der Waals surface area contributed by atoms with E-state index in [9.17, 15) is 14.4 Å². The monoisotopic (exact) mass is 765 g/mol. The quantitative estimate of drug-likeness (QED) is 0.0349. The molecule has 0 radical (unpaired) electrons. The van der Waals surface area contributed by atoms with Crippen molar-refractivity contribution in [3.8, 4) is 0 Å². The second-order valence-electron chi connectivity index (χ2n) is 16.6. The smallest absolute Gasteiger partial charge is 0.306 e. The fraction of sp³-hybridized carbons (Fsp3) is 0.938. The Morgan fingerprint density at radius 1 is 0.370 bits per heavy atom. The van der Waals surface area contributed by atoms with Crippen LogP contribution in [-0.4, -0.2) is 37.2 Å². The summed E-state index contributed by atoms with van der Waals surface area (Å²) in [6.45, 7) is 8.96. The minimum Gasteiger partial charge on any atom is -0.462 e. The Morgan fingerprint density at radius 3 is 0.963 bits per heavy atom. The van der Waals surface area contributed by atoms with Gasteiger partial charge < -0.3 is 14.2 Å². The third-order valence-electron chi connectivity index (χ3n) is 11.2. The summed E-state index contributed by atoms with van der Waals surface area (Å²) in [5.74, 6) is -0.0419. The van der Waals surface area contributed by atoms with Gasteiger partial charge in [-0.1, -0.05) is 227 Å². The summed E-state index contributed by atoms with van der Waals surface area (Å²) in [4.78, 5) is 37.7. The first kappa shape index (κ1) is 52.4. The summed E-state index contributed by atoms with van der Waals surface area (Å²) in [5.41, 5.74) is 0. The van der Waals surface area contributed by atoms with Crippen LogP contribution in [0.1, 0.15) is 265 Å². The SMILES string of the molecule is CCCCCCCCCCCCCCCCCCCC(=O)O[C@@H](COC(=O)CCCCCCCCCCC)COC(=O)CCCCCCCCC(C)CC. The number of carbonyl (C=O) groups is 3. The van der Waals surface area contributed by atoms with E-state index in [1.807, 2.05) is 0 Å². The number of hydrogen-bond acceptors (Lipinski definition) is 6. The number of ether oxygens (including phenoxy) is 3. The minimum atomic E-state index is -0.759. The van der Waals surface area contributed by atoms with Crippen molar-refractivity contribution in [3.63, 3.8) is 0 Å². The molecule has 0 aromatic rings. The molecule has 0 aliphatic carbocycles. The molecule has 0 N–H and O–H groups in total. The van der Waals surface area contributed by atoms with E-state index in [2.05, 4.69) is 27.7 Å². The zero-order valence-electron chi connectivity index (χ0n) is 36.7. The molecule has 2 atom stereocenters. The van der Waals surface area contributed by atoms with Gasteiger partial charge in [0.15, 0.2) is 6.10 Å². The lowest BCUT2D eigenvalue weighted by Gasteiger charge is -2.18. The highest BCUT2D eigenvalue weighted by molar-refractivity contribution is 5.71. The van der Waals surface area contributed by atoms with Gasteiger partial charge in [0.05, 0.1) is 0 Å². The van der Waals surface area contributed by atoms with Crippen molar-refractivity contribution in [2.45, 2.75) is 271 Å². The highest BCUT2D eigenvalue weighted by Gasteiger charge is 2.19. The van der Waals surface area contributed by atoms with Crippen LogP contribution in [0.2, 0.25) is 0 Å². The predicted molar refractivity (Wildman–Crippen MR) is 229 cm³/mol. The normalized spacial score (nSPS) is 12.4. The molecule has 0 rings (SSSR count). The van der Waals surface area contributed by atoms with Crippen molar-refractivity contribution >= 4 is 17.9 Å². The largest absolute Gasteiger partial charge is 0.462 e. The van der Waals surface area contributed by atoms with Crippen LogP contribution >= 0.6 is 0 Å². The van der Waals surface area contributed by atoms with Crippen molar-refractivity contribution in [3.05, 3.63) is 0 Å². The fourth-order valence-corrected chi connectivity index (χ4v) is 7.12. The second-order valence-corrected chi connectivity index (χ2v) is 16.6. The average molecular weight is 765 g/mol. The Hall–Kier alpha value is -1.59. The number of rotatable bonds is 43. The third kappa shape index (κ3) is 40.1. The van der Waals surface area contributed by atoms with Gasteiger partial charge in [-0.05, 0) is 25.2 Å². The molecule has 1 unspecified atom stereocenters. The van der Waals surface area contributed by atoms with Gasteiger partial charge >= 0.3 is 17.9 Å². The van der Waals surface area contributed by atoms with Crippen molar-refractivity contribution in [2.24, 2.45) is 5.92 Å². The number of carbonyl (C=O) groups excluding carboxylic acids is 3. The van der Waals surface area contributed by atoms with Gasteiger partial charge in [0.2, 0.25) is 0 Å². The standard InChI is InChI=1S/C48H92O6/c1-5-8-10-12-14-16-17-18-19-20-21-22-23-25-27-33-37-41-48(51)54-45(42-52-46(49)39-35-31-26-24-15-13-11-9-6-2)43-53-47(50)40-36-32-29-28-30-34-38-44(4)7-3/h44-45H,5-43H2,1-4H3/t44?,45-/m0/s1. The zero-order valence-corrected chi connectivity index (χ0v) is 36.7. The minimum absolute atomic E-state index is 0.0645. The maximum Gasteiger partial charge on any atom is 0.306 e. The van der Waals surface area contributed by atoms with Gasteiger partial charge in [-0.2, -0.15) is 0 Å². The number of hydrogen-bond donors (Lipinski definition) is 0. The average Bonchev–Trinajstić information content (AvgIpc) is 3.17. The molecule has 6 nitrogen and oxygen atoms in total. The molecule has 320 valence electrons. The molecule has 0 aromatic carbocycles. The van der Waals surface area contributed by atoms with Crippen LogP contribution in [0, 0.1) is 5.92 Å². The maximum atomic E-state index is 12.7. The molecule has 6 heteroatoms. The highest BCUT2D eigenvalue weighted by atomic mass is 16.6. The first-order chi connectivity index (χ1) is 26.4.